The summed E-state index contributed by atoms with van der Waals surface area (Å²) in [4.78, 5) is 11.0. The van der Waals surface area contributed by atoms with Gasteiger partial charge in [-0.15, -0.1) is 0 Å². The van der Waals surface area contributed by atoms with E-state index in [1.165, 1.54) is 7.11 Å². The predicted octanol–water partition coefficient (Wildman–Crippen LogP) is 1.02. The number of carbonyl (C=O) groups excluding carboxylic acids is 1. The number of thiocarbonyl (C=S) groups is 1. The van der Waals surface area contributed by atoms with E-state index in [4.69, 9.17) is 18.0 Å². The van der Waals surface area contributed by atoms with Crippen LogP contribution in [0, 0.1) is 0 Å². The first-order valence-corrected chi connectivity index (χ1v) is 7.88. The molecule has 0 aromatic heterocycles. The van der Waals surface area contributed by atoms with E-state index in [-0.39, 0.29) is 23.6 Å². The molecule has 0 aliphatic heterocycles. The summed E-state index contributed by atoms with van der Waals surface area (Å²) in [5, 5.41) is 0. The minimum Gasteiger partial charge on any atom is -0.469 e. The zero-order chi connectivity index (χ0) is 15.2. The zero-order valence-corrected chi connectivity index (χ0v) is 12.6. The molecule has 1 aromatic carbocycles. The number of esters is 1. The van der Waals surface area contributed by atoms with Gasteiger partial charge in [0.15, 0.2) is 0 Å². The van der Waals surface area contributed by atoms with Gasteiger partial charge in [0.1, 0.15) is 4.99 Å². The van der Waals surface area contributed by atoms with Gasteiger partial charge in [0.2, 0.25) is 10.0 Å². The van der Waals surface area contributed by atoms with Gasteiger partial charge in [-0.25, -0.2) is 8.42 Å². The topological polar surface area (TPSA) is 98.5 Å². The molecule has 0 fully saturated rings. The number of rotatable bonds is 7. The summed E-state index contributed by atoms with van der Waals surface area (Å²) in [5.41, 5.74) is 6.32. The number of sulfonamides is 1. The monoisotopic (exact) mass is 316 g/mol. The Kier molecular flexibility index (Phi) is 5.90. The highest BCUT2D eigenvalue weighted by Crippen LogP contribution is 2.16. The van der Waals surface area contributed by atoms with E-state index >= 15 is 0 Å². The first-order valence-electron chi connectivity index (χ1n) is 5.82. The lowest BCUT2D eigenvalue weighted by Crippen LogP contribution is -2.20. The van der Waals surface area contributed by atoms with Gasteiger partial charge in [0.25, 0.3) is 0 Å². The molecular formula is C12H16N2O4S2. The van der Waals surface area contributed by atoms with Crippen LogP contribution >= 0.6 is 12.2 Å². The second-order valence-electron chi connectivity index (χ2n) is 4.01. The Balaban J connectivity index is 2.72. The second-order valence-corrected chi connectivity index (χ2v) is 6.29. The van der Waals surface area contributed by atoms with Crippen molar-refractivity contribution in [3.8, 4) is 0 Å². The van der Waals surface area contributed by atoms with Crippen LogP contribution in [0.2, 0.25) is 0 Å². The summed E-state index contributed by atoms with van der Waals surface area (Å²) in [7, 11) is -2.31. The van der Waals surface area contributed by atoms with Crippen molar-refractivity contribution in [2.24, 2.45) is 5.73 Å². The molecule has 0 spiro atoms. The van der Waals surface area contributed by atoms with Crippen molar-refractivity contribution < 1.29 is 17.9 Å². The van der Waals surface area contributed by atoms with Crippen LogP contribution in [0.5, 0.6) is 0 Å². The smallest absolute Gasteiger partial charge is 0.305 e. The number of anilines is 1. The summed E-state index contributed by atoms with van der Waals surface area (Å²) in [6, 6.07) is 6.60. The number of ether oxygens (including phenoxy) is 1. The molecule has 6 nitrogen and oxygen atoms in total. The van der Waals surface area contributed by atoms with Gasteiger partial charge in [-0.3, -0.25) is 9.52 Å². The summed E-state index contributed by atoms with van der Waals surface area (Å²) < 4.78 is 30.7. The van der Waals surface area contributed by atoms with Gasteiger partial charge in [-0.2, -0.15) is 0 Å². The maximum Gasteiger partial charge on any atom is 0.305 e. The largest absolute Gasteiger partial charge is 0.469 e. The number of nitrogens with one attached hydrogen (secondary N) is 1. The van der Waals surface area contributed by atoms with Gasteiger partial charge in [0.05, 0.1) is 18.6 Å². The summed E-state index contributed by atoms with van der Waals surface area (Å²) >= 11 is 4.86. The van der Waals surface area contributed by atoms with Crippen LogP contribution in [0.4, 0.5) is 5.69 Å². The summed E-state index contributed by atoms with van der Waals surface area (Å²) in [6.07, 6.45) is 0.228. The highest BCUT2D eigenvalue weighted by Gasteiger charge is 2.14. The standard InChI is InChI=1S/C12H16N2O4S2/c1-18-11(15)7-4-8-20(16,17)14-10-6-3-2-5-9(10)12(13)19/h2-3,5-6,14H,4,7-8H2,1H3,(H2,13,19). The number of hydrogen-bond donors (Lipinski definition) is 2. The van der Waals surface area contributed by atoms with Crippen LogP contribution in [0.25, 0.3) is 0 Å². The molecule has 0 aliphatic carbocycles. The lowest BCUT2D eigenvalue weighted by molar-refractivity contribution is -0.140. The Morgan fingerprint density at radius 3 is 2.65 bits per heavy atom. The quantitative estimate of drug-likeness (QED) is 0.575. The van der Waals surface area contributed by atoms with E-state index in [2.05, 4.69) is 9.46 Å². The molecular weight excluding hydrogens is 300 g/mol. The number of hydrogen-bond acceptors (Lipinski definition) is 5. The molecule has 0 bridgehead atoms. The highest BCUT2D eigenvalue weighted by atomic mass is 32.2. The third-order valence-electron chi connectivity index (χ3n) is 2.48. The molecule has 0 radical (unpaired) electrons. The molecule has 8 heteroatoms. The number of nitrogens with two attached hydrogens (primary N) is 1. The van der Waals surface area contributed by atoms with Crippen LogP contribution in [0.3, 0.4) is 0 Å². The summed E-state index contributed by atoms with van der Waals surface area (Å²) in [5.74, 6) is -0.628. The Bertz CT molecular complexity index is 599. The maximum atomic E-state index is 11.9. The van der Waals surface area contributed by atoms with Gasteiger partial charge < -0.3 is 10.5 Å². The molecule has 0 atom stereocenters. The molecule has 0 saturated carbocycles. The van der Waals surface area contributed by atoms with E-state index in [0.717, 1.165) is 0 Å². The minimum atomic E-state index is -3.57. The molecule has 0 aliphatic rings. The van der Waals surface area contributed by atoms with Crippen molar-refractivity contribution in [3.63, 3.8) is 0 Å². The van der Waals surface area contributed by atoms with Gasteiger partial charge >= 0.3 is 5.97 Å². The van der Waals surface area contributed by atoms with Crippen molar-refractivity contribution in [1.82, 2.24) is 0 Å². The highest BCUT2D eigenvalue weighted by molar-refractivity contribution is 7.92. The predicted molar refractivity (Wildman–Crippen MR) is 81.0 cm³/mol. The fourth-order valence-electron chi connectivity index (χ4n) is 1.51. The van der Waals surface area contributed by atoms with Crippen LogP contribution in [0.1, 0.15) is 18.4 Å². The Labute approximate surface area is 123 Å². The molecule has 3 N–H and O–H groups in total. The van der Waals surface area contributed by atoms with Crippen LogP contribution in [-0.4, -0.2) is 32.2 Å². The number of para-hydroxylation sites is 1. The van der Waals surface area contributed by atoms with E-state index in [0.29, 0.717) is 11.3 Å². The molecule has 0 amide bonds. The molecule has 20 heavy (non-hydrogen) atoms. The van der Waals surface area contributed by atoms with E-state index in [1.54, 1.807) is 24.3 Å². The van der Waals surface area contributed by atoms with Crippen molar-refractivity contribution in [1.29, 1.82) is 0 Å². The van der Waals surface area contributed by atoms with Crippen LogP contribution in [-0.2, 0) is 19.6 Å². The minimum absolute atomic E-state index is 0.0500. The van der Waals surface area contributed by atoms with E-state index in [1.807, 2.05) is 0 Å². The Hall–Kier alpha value is -1.67. The first kappa shape index (κ1) is 16.4. The first-order chi connectivity index (χ1) is 9.35. The van der Waals surface area contributed by atoms with Crippen LogP contribution < -0.4 is 10.5 Å². The number of carbonyl (C=O) groups is 1. The maximum absolute atomic E-state index is 11.9. The fourth-order valence-corrected chi connectivity index (χ4v) is 2.83. The van der Waals surface area contributed by atoms with Crippen molar-refractivity contribution in [2.45, 2.75) is 12.8 Å². The third-order valence-corrected chi connectivity index (χ3v) is 4.06. The van der Waals surface area contributed by atoms with Crippen molar-refractivity contribution in [2.75, 3.05) is 17.6 Å². The second kappa shape index (κ2) is 7.20. The third kappa shape index (κ3) is 5.14. The van der Waals surface area contributed by atoms with Gasteiger partial charge in [-0.1, -0.05) is 24.4 Å². The molecule has 0 unspecified atom stereocenters. The normalized spacial score (nSPS) is 10.8. The van der Waals surface area contributed by atoms with Gasteiger partial charge in [0, 0.05) is 12.0 Å². The van der Waals surface area contributed by atoms with E-state index < -0.39 is 16.0 Å². The van der Waals surface area contributed by atoms with Crippen molar-refractivity contribution >= 4 is 38.9 Å². The average Bonchev–Trinajstić information content (AvgIpc) is 2.38. The Morgan fingerprint density at radius 1 is 1.40 bits per heavy atom. The average molecular weight is 316 g/mol. The number of methoxy groups -OCH3 is 1. The zero-order valence-electron chi connectivity index (χ0n) is 11.0. The lowest BCUT2D eigenvalue weighted by atomic mass is 10.2. The lowest BCUT2D eigenvalue weighted by Gasteiger charge is -2.11. The molecule has 110 valence electrons. The Morgan fingerprint density at radius 2 is 2.05 bits per heavy atom. The molecule has 1 rings (SSSR count). The van der Waals surface area contributed by atoms with Crippen molar-refractivity contribution in [3.05, 3.63) is 29.8 Å². The van der Waals surface area contributed by atoms with E-state index in [9.17, 15) is 13.2 Å². The molecule has 0 saturated heterocycles. The number of benzene rings is 1. The molecule has 0 heterocycles. The van der Waals surface area contributed by atoms with Crippen LogP contribution in [0.15, 0.2) is 24.3 Å². The van der Waals surface area contributed by atoms with Gasteiger partial charge in [-0.05, 0) is 18.6 Å². The SMILES string of the molecule is COC(=O)CCCS(=O)(=O)Nc1ccccc1C(N)=S. The molecule has 1 aromatic rings. The summed E-state index contributed by atoms with van der Waals surface area (Å²) in [6.45, 7) is 0. The fraction of sp³-hybridized carbons (Fsp3) is 0.333.